The summed E-state index contributed by atoms with van der Waals surface area (Å²) in [6.45, 7) is 4.94. The van der Waals surface area contributed by atoms with Gasteiger partial charge >= 0.3 is 0 Å². The predicted molar refractivity (Wildman–Crippen MR) is 86.4 cm³/mol. The number of thiophene rings is 1. The summed E-state index contributed by atoms with van der Waals surface area (Å²) in [7, 11) is 0. The summed E-state index contributed by atoms with van der Waals surface area (Å²) >= 11 is 1.83. The lowest BCUT2D eigenvalue weighted by Gasteiger charge is -2.10. The van der Waals surface area contributed by atoms with E-state index in [1.807, 2.05) is 23.5 Å². The summed E-state index contributed by atoms with van der Waals surface area (Å²) in [5.74, 6) is 0.928. The van der Waals surface area contributed by atoms with Crippen LogP contribution in [0.5, 0.6) is 5.75 Å². The third-order valence-corrected chi connectivity index (χ3v) is 4.57. The van der Waals surface area contributed by atoms with E-state index in [0.717, 1.165) is 25.0 Å². The van der Waals surface area contributed by atoms with Crippen LogP contribution in [0, 0.1) is 0 Å². The van der Waals surface area contributed by atoms with Crippen molar-refractivity contribution in [2.75, 3.05) is 0 Å². The summed E-state index contributed by atoms with van der Waals surface area (Å²) in [5, 5.41) is 0. The average molecular weight is 289 g/mol. The van der Waals surface area contributed by atoms with Gasteiger partial charge in [-0.15, -0.1) is 11.3 Å². The van der Waals surface area contributed by atoms with E-state index in [1.54, 1.807) is 0 Å². The molecule has 1 atom stereocenters. The molecule has 2 aromatic rings. The quantitative estimate of drug-likeness (QED) is 0.830. The standard InChI is InChI=1S/C17H23NOS/c1-3-14(18)10-13-6-5-7-15(11-13)19-12-17-9-8-16(4-2)20-17/h5-9,11,14H,3-4,10,12,18H2,1-2H3. The first-order valence-corrected chi connectivity index (χ1v) is 8.07. The highest BCUT2D eigenvalue weighted by Crippen LogP contribution is 2.21. The highest BCUT2D eigenvalue weighted by Gasteiger charge is 2.04. The maximum atomic E-state index is 6.00. The molecule has 0 saturated carbocycles. The Labute approximate surface area is 125 Å². The molecular weight excluding hydrogens is 266 g/mol. The number of aryl methyl sites for hydroxylation is 1. The largest absolute Gasteiger partial charge is 0.488 e. The lowest BCUT2D eigenvalue weighted by Crippen LogP contribution is -2.21. The molecule has 20 heavy (non-hydrogen) atoms. The fourth-order valence-corrected chi connectivity index (χ4v) is 2.92. The summed E-state index contributed by atoms with van der Waals surface area (Å²) in [6, 6.07) is 12.8. The number of rotatable bonds is 7. The van der Waals surface area contributed by atoms with Gasteiger partial charge in [0.1, 0.15) is 12.4 Å². The minimum atomic E-state index is 0.231. The normalized spacial score (nSPS) is 12.3. The Morgan fingerprint density at radius 2 is 1.95 bits per heavy atom. The SMILES string of the molecule is CCc1ccc(COc2cccc(CC(N)CC)c2)s1. The van der Waals surface area contributed by atoms with Crippen molar-refractivity contribution in [2.45, 2.75) is 45.8 Å². The van der Waals surface area contributed by atoms with Gasteiger partial charge in [0.05, 0.1) is 0 Å². The molecule has 2 nitrogen and oxygen atoms in total. The van der Waals surface area contributed by atoms with E-state index in [4.69, 9.17) is 10.5 Å². The molecule has 0 aliphatic rings. The van der Waals surface area contributed by atoms with Gasteiger partial charge in [0.25, 0.3) is 0 Å². The van der Waals surface area contributed by atoms with E-state index < -0.39 is 0 Å². The molecule has 0 saturated heterocycles. The van der Waals surface area contributed by atoms with Crippen molar-refractivity contribution in [1.82, 2.24) is 0 Å². The highest BCUT2D eigenvalue weighted by atomic mass is 32.1. The van der Waals surface area contributed by atoms with Crippen LogP contribution in [-0.2, 0) is 19.4 Å². The van der Waals surface area contributed by atoms with Crippen molar-refractivity contribution in [3.8, 4) is 5.75 Å². The van der Waals surface area contributed by atoms with E-state index in [1.165, 1.54) is 15.3 Å². The molecule has 0 aliphatic carbocycles. The molecule has 1 aromatic carbocycles. The molecule has 0 fully saturated rings. The van der Waals surface area contributed by atoms with Gasteiger partial charge in [-0.2, -0.15) is 0 Å². The van der Waals surface area contributed by atoms with Crippen LogP contribution in [0.2, 0.25) is 0 Å². The van der Waals surface area contributed by atoms with E-state index in [-0.39, 0.29) is 6.04 Å². The third-order valence-electron chi connectivity index (χ3n) is 3.37. The average Bonchev–Trinajstić information content (AvgIpc) is 2.93. The van der Waals surface area contributed by atoms with Crippen LogP contribution in [0.4, 0.5) is 0 Å². The van der Waals surface area contributed by atoms with Crippen molar-refractivity contribution >= 4 is 11.3 Å². The molecule has 2 rings (SSSR count). The minimum absolute atomic E-state index is 0.231. The van der Waals surface area contributed by atoms with Gasteiger partial charge in [0, 0.05) is 15.8 Å². The number of hydrogen-bond acceptors (Lipinski definition) is 3. The van der Waals surface area contributed by atoms with Gasteiger partial charge in [-0.25, -0.2) is 0 Å². The molecule has 1 aromatic heterocycles. The Balaban J connectivity index is 1.93. The molecule has 0 amide bonds. The second kappa shape index (κ2) is 7.46. The Morgan fingerprint density at radius 1 is 1.15 bits per heavy atom. The van der Waals surface area contributed by atoms with Crippen LogP contribution in [0.3, 0.4) is 0 Å². The molecule has 1 heterocycles. The van der Waals surface area contributed by atoms with Crippen molar-refractivity contribution in [1.29, 1.82) is 0 Å². The Bertz CT molecular complexity index is 535. The molecule has 0 radical (unpaired) electrons. The molecule has 3 heteroatoms. The van der Waals surface area contributed by atoms with Gasteiger partial charge in [-0.1, -0.05) is 26.0 Å². The van der Waals surface area contributed by atoms with Gasteiger partial charge in [-0.3, -0.25) is 0 Å². The molecule has 1 unspecified atom stereocenters. The maximum Gasteiger partial charge on any atom is 0.122 e. The van der Waals surface area contributed by atoms with Crippen molar-refractivity contribution in [2.24, 2.45) is 5.73 Å². The van der Waals surface area contributed by atoms with Crippen molar-refractivity contribution < 1.29 is 4.74 Å². The monoisotopic (exact) mass is 289 g/mol. The van der Waals surface area contributed by atoms with Gasteiger partial charge in [0.2, 0.25) is 0 Å². The van der Waals surface area contributed by atoms with Gasteiger partial charge in [0.15, 0.2) is 0 Å². The zero-order valence-electron chi connectivity index (χ0n) is 12.3. The first-order chi connectivity index (χ1) is 9.71. The topological polar surface area (TPSA) is 35.2 Å². The zero-order chi connectivity index (χ0) is 14.4. The predicted octanol–water partition coefficient (Wildman–Crippen LogP) is 4.17. The van der Waals surface area contributed by atoms with Crippen LogP contribution in [-0.4, -0.2) is 6.04 Å². The second-order valence-corrected chi connectivity index (χ2v) is 6.28. The van der Waals surface area contributed by atoms with E-state index in [0.29, 0.717) is 6.61 Å². The fourth-order valence-electron chi connectivity index (χ4n) is 2.05. The van der Waals surface area contributed by atoms with E-state index >= 15 is 0 Å². The molecule has 0 spiro atoms. The summed E-state index contributed by atoms with van der Waals surface area (Å²) in [6.07, 6.45) is 3.00. The smallest absolute Gasteiger partial charge is 0.122 e. The first kappa shape index (κ1) is 15.1. The van der Waals surface area contributed by atoms with Crippen molar-refractivity contribution in [3.05, 3.63) is 51.7 Å². The Kier molecular flexibility index (Phi) is 5.62. The molecule has 2 N–H and O–H groups in total. The third kappa shape index (κ3) is 4.36. The fraction of sp³-hybridized carbons (Fsp3) is 0.412. The van der Waals surface area contributed by atoms with Gasteiger partial charge < -0.3 is 10.5 Å². The van der Waals surface area contributed by atoms with Crippen LogP contribution in [0.15, 0.2) is 36.4 Å². The first-order valence-electron chi connectivity index (χ1n) is 7.26. The second-order valence-electron chi connectivity index (χ2n) is 5.03. The number of nitrogens with two attached hydrogens (primary N) is 1. The molecule has 0 aliphatic heterocycles. The Morgan fingerprint density at radius 3 is 2.65 bits per heavy atom. The van der Waals surface area contributed by atoms with E-state index in [9.17, 15) is 0 Å². The summed E-state index contributed by atoms with van der Waals surface area (Å²) in [4.78, 5) is 2.68. The molecule has 108 valence electrons. The maximum absolute atomic E-state index is 6.00. The lowest BCUT2D eigenvalue weighted by molar-refractivity contribution is 0.309. The van der Waals surface area contributed by atoms with Crippen LogP contribution < -0.4 is 10.5 Å². The summed E-state index contributed by atoms with van der Waals surface area (Å²) in [5.41, 5.74) is 7.25. The number of benzene rings is 1. The Hall–Kier alpha value is -1.32. The van der Waals surface area contributed by atoms with E-state index in [2.05, 4.69) is 38.1 Å². The molecular formula is C17H23NOS. The highest BCUT2D eigenvalue weighted by molar-refractivity contribution is 7.11. The zero-order valence-corrected chi connectivity index (χ0v) is 13.1. The number of ether oxygens (including phenoxy) is 1. The summed E-state index contributed by atoms with van der Waals surface area (Å²) < 4.78 is 5.88. The number of hydrogen-bond donors (Lipinski definition) is 1. The van der Waals surface area contributed by atoms with Crippen LogP contribution in [0.1, 0.15) is 35.6 Å². The van der Waals surface area contributed by atoms with Crippen LogP contribution in [0.25, 0.3) is 0 Å². The molecule has 0 bridgehead atoms. The lowest BCUT2D eigenvalue weighted by atomic mass is 10.0. The van der Waals surface area contributed by atoms with Gasteiger partial charge in [-0.05, 0) is 49.1 Å². The minimum Gasteiger partial charge on any atom is -0.488 e. The van der Waals surface area contributed by atoms with Crippen LogP contribution >= 0.6 is 11.3 Å². The van der Waals surface area contributed by atoms with Crippen molar-refractivity contribution in [3.63, 3.8) is 0 Å².